The van der Waals surface area contributed by atoms with Gasteiger partial charge in [0.1, 0.15) is 0 Å². The van der Waals surface area contributed by atoms with E-state index >= 15 is 0 Å². The molecule has 6 heteroatoms. The highest BCUT2D eigenvalue weighted by Gasteiger charge is 2.02. The molecule has 5 nitrogen and oxygen atoms in total. The molecule has 0 bridgehead atoms. The van der Waals surface area contributed by atoms with E-state index in [1.54, 1.807) is 25.5 Å². The van der Waals surface area contributed by atoms with Crippen LogP contribution in [0.25, 0.3) is 0 Å². The second-order valence-electron chi connectivity index (χ2n) is 3.21. The highest BCUT2D eigenvalue weighted by Crippen LogP contribution is 2.10. The van der Waals surface area contributed by atoms with E-state index in [2.05, 4.69) is 20.6 Å². The molecule has 0 saturated carbocycles. The molecule has 0 spiro atoms. The van der Waals surface area contributed by atoms with Gasteiger partial charge in [-0.2, -0.15) is 0 Å². The first-order chi connectivity index (χ1) is 7.77. The molecule has 0 aromatic carbocycles. The molecule has 1 aromatic heterocycles. The molecule has 0 fully saturated rings. The van der Waals surface area contributed by atoms with Crippen LogP contribution in [-0.2, 0) is 11.3 Å². The van der Waals surface area contributed by atoms with E-state index in [9.17, 15) is 0 Å². The van der Waals surface area contributed by atoms with E-state index in [1.807, 2.05) is 12.4 Å². The molecule has 1 rings (SSSR count). The van der Waals surface area contributed by atoms with Crippen LogP contribution in [0.1, 0.15) is 10.6 Å². The lowest BCUT2D eigenvalue weighted by Gasteiger charge is -2.10. The molecule has 2 N–H and O–H groups in total. The van der Waals surface area contributed by atoms with Crippen LogP contribution in [0, 0.1) is 6.92 Å². The fourth-order valence-electron chi connectivity index (χ4n) is 1.15. The summed E-state index contributed by atoms with van der Waals surface area (Å²) in [4.78, 5) is 9.54. The maximum absolute atomic E-state index is 4.95. The van der Waals surface area contributed by atoms with Crippen LogP contribution >= 0.6 is 11.3 Å². The van der Waals surface area contributed by atoms with Gasteiger partial charge in [-0.3, -0.25) is 4.99 Å². The summed E-state index contributed by atoms with van der Waals surface area (Å²) in [5.41, 5.74) is 2.93. The van der Waals surface area contributed by atoms with Gasteiger partial charge in [-0.15, -0.1) is 11.3 Å². The SMILES string of the molecule is CN=C(NCCOC)NCc1scnc1C. The van der Waals surface area contributed by atoms with Crippen molar-refractivity contribution in [2.45, 2.75) is 13.5 Å². The van der Waals surface area contributed by atoms with E-state index in [0.717, 1.165) is 24.7 Å². The number of rotatable bonds is 5. The van der Waals surface area contributed by atoms with Crippen molar-refractivity contribution in [1.82, 2.24) is 15.6 Å². The summed E-state index contributed by atoms with van der Waals surface area (Å²) in [7, 11) is 3.43. The Bertz CT molecular complexity index is 337. The van der Waals surface area contributed by atoms with Crippen LogP contribution in [0.4, 0.5) is 0 Å². The van der Waals surface area contributed by atoms with Crippen molar-refractivity contribution in [2.24, 2.45) is 4.99 Å². The van der Waals surface area contributed by atoms with E-state index in [-0.39, 0.29) is 0 Å². The van der Waals surface area contributed by atoms with E-state index in [1.165, 1.54) is 4.88 Å². The molecule has 0 unspecified atom stereocenters. The van der Waals surface area contributed by atoms with Crippen molar-refractivity contribution in [1.29, 1.82) is 0 Å². The zero-order valence-electron chi connectivity index (χ0n) is 9.91. The highest BCUT2D eigenvalue weighted by molar-refractivity contribution is 7.09. The van der Waals surface area contributed by atoms with Crippen LogP contribution in [0.5, 0.6) is 0 Å². The lowest BCUT2D eigenvalue weighted by Crippen LogP contribution is -2.38. The summed E-state index contributed by atoms with van der Waals surface area (Å²) in [5.74, 6) is 0.782. The smallest absolute Gasteiger partial charge is 0.191 e. The molecule has 0 aliphatic rings. The van der Waals surface area contributed by atoms with Gasteiger partial charge in [0, 0.05) is 25.6 Å². The summed E-state index contributed by atoms with van der Waals surface area (Å²) < 4.78 is 4.95. The number of nitrogens with one attached hydrogen (secondary N) is 2. The molecule has 0 amide bonds. The number of thiazole rings is 1. The average Bonchev–Trinajstić information content (AvgIpc) is 2.69. The topological polar surface area (TPSA) is 58.5 Å². The first-order valence-corrected chi connectivity index (χ1v) is 5.98. The number of aromatic nitrogens is 1. The molecule has 0 atom stereocenters. The Labute approximate surface area is 100.0 Å². The van der Waals surface area contributed by atoms with Gasteiger partial charge in [-0.25, -0.2) is 4.98 Å². The van der Waals surface area contributed by atoms with Gasteiger partial charge in [0.05, 0.1) is 24.4 Å². The maximum Gasteiger partial charge on any atom is 0.191 e. The summed E-state index contributed by atoms with van der Waals surface area (Å²) >= 11 is 1.65. The summed E-state index contributed by atoms with van der Waals surface area (Å²) in [6.45, 7) is 4.18. The molecule has 0 saturated heterocycles. The van der Waals surface area contributed by atoms with Gasteiger partial charge < -0.3 is 15.4 Å². The van der Waals surface area contributed by atoms with Crippen LogP contribution in [-0.4, -0.2) is 38.3 Å². The number of hydrogen-bond donors (Lipinski definition) is 2. The fraction of sp³-hybridized carbons (Fsp3) is 0.600. The Balaban J connectivity index is 2.32. The molecule has 0 radical (unpaired) electrons. The summed E-state index contributed by atoms with van der Waals surface area (Å²) in [5, 5.41) is 6.38. The van der Waals surface area contributed by atoms with Gasteiger partial charge in [0.15, 0.2) is 5.96 Å². The number of aliphatic imine (C=N–C) groups is 1. The van der Waals surface area contributed by atoms with Crippen LogP contribution < -0.4 is 10.6 Å². The molecular formula is C10H18N4OS. The fourth-order valence-corrected chi connectivity index (χ4v) is 1.87. The molecule has 0 aliphatic carbocycles. The molecular weight excluding hydrogens is 224 g/mol. The monoisotopic (exact) mass is 242 g/mol. The predicted octanol–water partition coefficient (Wildman–Crippen LogP) is 0.763. The maximum atomic E-state index is 4.95. The third kappa shape index (κ3) is 4.16. The Morgan fingerprint density at radius 1 is 1.56 bits per heavy atom. The predicted molar refractivity (Wildman–Crippen MR) is 66.9 cm³/mol. The van der Waals surface area contributed by atoms with Gasteiger partial charge in [0.25, 0.3) is 0 Å². The minimum atomic E-state index is 0.667. The van der Waals surface area contributed by atoms with Gasteiger partial charge in [0.2, 0.25) is 0 Å². The summed E-state index contributed by atoms with van der Waals surface area (Å²) in [6.07, 6.45) is 0. The van der Waals surface area contributed by atoms with Gasteiger partial charge >= 0.3 is 0 Å². The van der Waals surface area contributed by atoms with Crippen LogP contribution in [0.15, 0.2) is 10.5 Å². The Morgan fingerprint density at radius 3 is 2.94 bits per heavy atom. The largest absolute Gasteiger partial charge is 0.383 e. The number of guanidine groups is 1. The van der Waals surface area contributed by atoms with Crippen LogP contribution in [0.2, 0.25) is 0 Å². The molecule has 16 heavy (non-hydrogen) atoms. The number of methoxy groups -OCH3 is 1. The van der Waals surface area contributed by atoms with Crippen molar-refractivity contribution < 1.29 is 4.74 Å². The van der Waals surface area contributed by atoms with Crippen molar-refractivity contribution in [2.75, 3.05) is 27.3 Å². The van der Waals surface area contributed by atoms with Gasteiger partial charge in [-0.1, -0.05) is 0 Å². The lowest BCUT2D eigenvalue weighted by atomic mass is 10.4. The number of nitrogens with zero attached hydrogens (tertiary/aromatic N) is 2. The van der Waals surface area contributed by atoms with Crippen molar-refractivity contribution >= 4 is 17.3 Å². The Hall–Kier alpha value is -1.14. The highest BCUT2D eigenvalue weighted by atomic mass is 32.1. The summed E-state index contributed by atoms with van der Waals surface area (Å²) in [6, 6.07) is 0. The number of aryl methyl sites for hydroxylation is 1. The normalized spacial score (nSPS) is 11.6. The lowest BCUT2D eigenvalue weighted by molar-refractivity contribution is 0.203. The zero-order chi connectivity index (χ0) is 11.8. The van der Waals surface area contributed by atoms with E-state index in [0.29, 0.717) is 6.61 Å². The van der Waals surface area contributed by atoms with Gasteiger partial charge in [-0.05, 0) is 6.92 Å². The van der Waals surface area contributed by atoms with E-state index in [4.69, 9.17) is 4.74 Å². The Morgan fingerprint density at radius 2 is 2.38 bits per heavy atom. The second-order valence-corrected chi connectivity index (χ2v) is 4.15. The Kier molecular flexibility index (Phi) is 5.81. The van der Waals surface area contributed by atoms with Crippen molar-refractivity contribution in [3.8, 4) is 0 Å². The molecule has 0 aliphatic heterocycles. The van der Waals surface area contributed by atoms with Crippen molar-refractivity contribution in [3.63, 3.8) is 0 Å². The third-order valence-electron chi connectivity index (χ3n) is 2.08. The third-order valence-corrected chi connectivity index (χ3v) is 3.02. The quantitative estimate of drug-likeness (QED) is 0.455. The molecule has 1 heterocycles. The zero-order valence-corrected chi connectivity index (χ0v) is 10.7. The first kappa shape index (κ1) is 12.9. The first-order valence-electron chi connectivity index (χ1n) is 5.10. The number of hydrogen-bond acceptors (Lipinski definition) is 4. The molecule has 1 aromatic rings. The standard InChI is InChI=1S/C10H18N4OS/c1-8-9(16-7-14-8)6-13-10(11-2)12-4-5-15-3/h7H,4-6H2,1-3H3,(H2,11,12,13). The van der Waals surface area contributed by atoms with Crippen LogP contribution in [0.3, 0.4) is 0 Å². The minimum Gasteiger partial charge on any atom is -0.383 e. The van der Waals surface area contributed by atoms with E-state index < -0.39 is 0 Å². The van der Waals surface area contributed by atoms with Crippen molar-refractivity contribution in [3.05, 3.63) is 16.1 Å². The minimum absolute atomic E-state index is 0.667. The second kappa shape index (κ2) is 7.19. The number of ether oxygens (including phenoxy) is 1. The molecule has 90 valence electrons. The average molecular weight is 242 g/mol.